The quantitative estimate of drug-likeness (QED) is 0.478. The fraction of sp³-hybridized carbons (Fsp3) is 0.222. The van der Waals surface area contributed by atoms with Crippen molar-refractivity contribution in [3.63, 3.8) is 0 Å². The summed E-state index contributed by atoms with van der Waals surface area (Å²) < 4.78 is 10.5. The molecule has 1 aliphatic rings. The predicted molar refractivity (Wildman–Crippen MR) is 129 cm³/mol. The third-order valence-electron chi connectivity index (χ3n) is 6.20. The van der Waals surface area contributed by atoms with E-state index in [-0.39, 0.29) is 17.9 Å². The molecule has 3 heterocycles. The molecule has 1 N–H and O–H groups in total. The molecule has 7 heteroatoms. The van der Waals surface area contributed by atoms with Crippen LogP contribution in [0.3, 0.4) is 0 Å². The lowest BCUT2D eigenvalue weighted by Gasteiger charge is -2.32. The van der Waals surface area contributed by atoms with Gasteiger partial charge in [-0.2, -0.15) is 0 Å². The highest BCUT2D eigenvalue weighted by molar-refractivity contribution is 6.07. The van der Waals surface area contributed by atoms with Gasteiger partial charge in [-0.05, 0) is 61.4 Å². The molecule has 1 fully saturated rings. The maximum atomic E-state index is 13.4. The van der Waals surface area contributed by atoms with Crippen LogP contribution in [0.5, 0.6) is 5.75 Å². The standard InChI is InChI=1S/C27H25N3O4/c1-33-20-10-8-18(9-11-20)24-17-22(21-5-2-3-6-23(21)29-24)26(31)28-19-12-14-30(15-13-19)27(32)25-7-4-16-34-25/h2-11,16-17,19H,12-15H2,1H3,(H,28,31). The molecular weight excluding hydrogens is 430 g/mol. The summed E-state index contributed by atoms with van der Waals surface area (Å²) in [5.41, 5.74) is 2.99. The lowest BCUT2D eigenvalue weighted by Crippen LogP contribution is -2.46. The number of nitrogens with zero attached hydrogens (tertiary/aromatic N) is 2. The van der Waals surface area contributed by atoms with Gasteiger partial charge in [0.1, 0.15) is 5.75 Å². The van der Waals surface area contributed by atoms with Crippen LogP contribution in [0.25, 0.3) is 22.2 Å². The van der Waals surface area contributed by atoms with Crippen molar-refractivity contribution in [3.05, 3.63) is 84.3 Å². The molecule has 2 aromatic carbocycles. The molecule has 0 aliphatic carbocycles. The van der Waals surface area contributed by atoms with Gasteiger partial charge in [-0.1, -0.05) is 18.2 Å². The van der Waals surface area contributed by atoms with Gasteiger partial charge in [0.05, 0.1) is 30.1 Å². The normalized spacial score (nSPS) is 14.2. The third kappa shape index (κ3) is 4.37. The Kier molecular flexibility index (Phi) is 5.99. The van der Waals surface area contributed by atoms with Crippen molar-refractivity contribution in [2.45, 2.75) is 18.9 Å². The lowest BCUT2D eigenvalue weighted by atomic mass is 10.0. The zero-order valence-electron chi connectivity index (χ0n) is 18.9. The zero-order valence-corrected chi connectivity index (χ0v) is 18.9. The average molecular weight is 456 g/mol. The Hall–Kier alpha value is -4.13. The number of methoxy groups -OCH3 is 1. The predicted octanol–water partition coefficient (Wildman–Crippen LogP) is 4.54. The van der Waals surface area contributed by atoms with Gasteiger partial charge in [0.25, 0.3) is 11.8 Å². The van der Waals surface area contributed by atoms with Crippen LogP contribution in [-0.2, 0) is 0 Å². The van der Waals surface area contributed by atoms with Crippen LogP contribution in [-0.4, -0.2) is 47.9 Å². The van der Waals surface area contributed by atoms with Crippen molar-refractivity contribution < 1.29 is 18.7 Å². The van der Waals surface area contributed by atoms with E-state index in [4.69, 9.17) is 14.1 Å². The first-order valence-corrected chi connectivity index (χ1v) is 11.3. The van der Waals surface area contributed by atoms with E-state index in [9.17, 15) is 9.59 Å². The van der Waals surface area contributed by atoms with Crippen LogP contribution in [0, 0.1) is 0 Å². The number of hydrogen-bond acceptors (Lipinski definition) is 5. The number of benzene rings is 2. The SMILES string of the molecule is COc1ccc(-c2cc(C(=O)NC3CCN(C(=O)c4ccco4)CC3)c3ccccc3n2)cc1. The maximum Gasteiger partial charge on any atom is 0.289 e. The molecule has 34 heavy (non-hydrogen) atoms. The van der Waals surface area contributed by atoms with Crippen molar-refractivity contribution in [1.29, 1.82) is 0 Å². The first-order valence-electron chi connectivity index (χ1n) is 11.3. The Morgan fingerprint density at radius 2 is 1.79 bits per heavy atom. The Bertz CT molecular complexity index is 1310. The molecule has 1 aliphatic heterocycles. The van der Waals surface area contributed by atoms with Gasteiger partial charge in [-0.15, -0.1) is 0 Å². The first kappa shape index (κ1) is 21.7. The topological polar surface area (TPSA) is 84.7 Å². The van der Waals surface area contributed by atoms with Crippen LogP contribution in [0.15, 0.2) is 77.4 Å². The molecule has 0 saturated carbocycles. The highest BCUT2D eigenvalue weighted by Gasteiger charge is 2.26. The van der Waals surface area contributed by atoms with Gasteiger partial charge < -0.3 is 19.4 Å². The molecular formula is C27H25N3O4. The fourth-order valence-electron chi connectivity index (χ4n) is 4.32. The Balaban J connectivity index is 1.34. The molecule has 0 radical (unpaired) electrons. The molecule has 7 nitrogen and oxygen atoms in total. The molecule has 2 amide bonds. The van der Waals surface area contributed by atoms with Gasteiger partial charge in [-0.3, -0.25) is 9.59 Å². The van der Waals surface area contributed by atoms with Crippen molar-refractivity contribution in [1.82, 2.24) is 15.2 Å². The smallest absolute Gasteiger partial charge is 0.289 e. The number of piperidine rings is 1. The second-order valence-corrected chi connectivity index (χ2v) is 8.32. The van der Waals surface area contributed by atoms with E-state index in [2.05, 4.69) is 5.32 Å². The molecule has 172 valence electrons. The third-order valence-corrected chi connectivity index (χ3v) is 6.20. The Morgan fingerprint density at radius 1 is 1.03 bits per heavy atom. The largest absolute Gasteiger partial charge is 0.497 e. The summed E-state index contributed by atoms with van der Waals surface area (Å²) in [4.78, 5) is 32.4. The lowest BCUT2D eigenvalue weighted by molar-refractivity contribution is 0.0667. The second-order valence-electron chi connectivity index (χ2n) is 8.32. The first-order chi connectivity index (χ1) is 16.6. The number of rotatable bonds is 5. The summed E-state index contributed by atoms with van der Waals surface area (Å²) in [7, 11) is 1.63. The Morgan fingerprint density at radius 3 is 2.50 bits per heavy atom. The van der Waals surface area contributed by atoms with Gasteiger partial charge in [0.15, 0.2) is 5.76 Å². The zero-order chi connectivity index (χ0) is 23.5. The number of carbonyl (C=O) groups excluding carboxylic acids is 2. The van der Waals surface area contributed by atoms with E-state index in [0.29, 0.717) is 37.3 Å². The highest BCUT2D eigenvalue weighted by Crippen LogP contribution is 2.27. The minimum Gasteiger partial charge on any atom is -0.497 e. The van der Waals surface area contributed by atoms with Crippen LogP contribution in [0.4, 0.5) is 0 Å². The van der Waals surface area contributed by atoms with Gasteiger partial charge in [-0.25, -0.2) is 4.98 Å². The van der Waals surface area contributed by atoms with E-state index in [1.165, 1.54) is 6.26 Å². The minimum atomic E-state index is -0.135. The van der Waals surface area contributed by atoms with Crippen molar-refractivity contribution in [2.24, 2.45) is 0 Å². The van der Waals surface area contributed by atoms with E-state index in [1.54, 1.807) is 24.1 Å². The van der Waals surface area contributed by atoms with E-state index >= 15 is 0 Å². The number of amides is 2. The summed E-state index contributed by atoms with van der Waals surface area (Å²) in [5.74, 6) is 0.861. The summed E-state index contributed by atoms with van der Waals surface area (Å²) in [5, 5.41) is 3.98. The molecule has 0 atom stereocenters. The van der Waals surface area contributed by atoms with Crippen LogP contribution in [0.2, 0.25) is 0 Å². The maximum absolute atomic E-state index is 13.4. The minimum absolute atomic E-state index is 0.00971. The number of likely N-dealkylation sites (tertiary alicyclic amines) is 1. The number of carbonyl (C=O) groups is 2. The van der Waals surface area contributed by atoms with E-state index in [0.717, 1.165) is 27.9 Å². The number of hydrogen-bond donors (Lipinski definition) is 1. The molecule has 2 aromatic heterocycles. The number of furan rings is 1. The summed E-state index contributed by atoms with van der Waals surface area (Å²) in [6.45, 7) is 1.14. The number of pyridine rings is 1. The van der Waals surface area contributed by atoms with Gasteiger partial charge in [0, 0.05) is 30.1 Å². The Labute approximate surface area is 197 Å². The summed E-state index contributed by atoms with van der Waals surface area (Å²) in [6.07, 6.45) is 2.87. The molecule has 4 aromatic rings. The van der Waals surface area contributed by atoms with Gasteiger partial charge >= 0.3 is 0 Å². The molecule has 0 unspecified atom stereocenters. The van der Waals surface area contributed by atoms with Crippen molar-refractivity contribution in [2.75, 3.05) is 20.2 Å². The van der Waals surface area contributed by atoms with Crippen molar-refractivity contribution >= 4 is 22.7 Å². The molecule has 0 bridgehead atoms. The summed E-state index contributed by atoms with van der Waals surface area (Å²) >= 11 is 0. The monoisotopic (exact) mass is 455 g/mol. The van der Waals surface area contributed by atoms with Crippen LogP contribution in [0.1, 0.15) is 33.8 Å². The van der Waals surface area contributed by atoms with Crippen LogP contribution >= 0.6 is 0 Å². The van der Waals surface area contributed by atoms with Crippen LogP contribution < -0.4 is 10.1 Å². The average Bonchev–Trinajstić information content (AvgIpc) is 3.43. The summed E-state index contributed by atoms with van der Waals surface area (Å²) in [6, 6.07) is 20.5. The number of aromatic nitrogens is 1. The van der Waals surface area contributed by atoms with Gasteiger partial charge in [0.2, 0.25) is 0 Å². The molecule has 5 rings (SSSR count). The highest BCUT2D eigenvalue weighted by atomic mass is 16.5. The number of fused-ring (bicyclic) bond motifs is 1. The van der Waals surface area contributed by atoms with E-state index in [1.807, 2.05) is 54.6 Å². The number of nitrogens with one attached hydrogen (secondary N) is 1. The molecule has 0 spiro atoms. The van der Waals surface area contributed by atoms with E-state index < -0.39 is 0 Å². The number of para-hydroxylation sites is 1. The second kappa shape index (κ2) is 9.39. The number of ether oxygens (including phenoxy) is 1. The fourth-order valence-corrected chi connectivity index (χ4v) is 4.32. The molecule has 1 saturated heterocycles. The van der Waals surface area contributed by atoms with Crippen molar-refractivity contribution in [3.8, 4) is 17.0 Å².